The zero-order chi connectivity index (χ0) is 14.8. The van der Waals surface area contributed by atoms with Gasteiger partial charge in [0.05, 0.1) is 6.04 Å². The number of halogens is 1. The van der Waals surface area contributed by atoms with Gasteiger partial charge in [-0.25, -0.2) is 0 Å². The molecule has 0 aliphatic heterocycles. The maximum atomic E-state index is 6.08. The monoisotopic (exact) mass is 363 g/mol. The van der Waals surface area contributed by atoms with Crippen molar-refractivity contribution < 1.29 is 4.42 Å². The van der Waals surface area contributed by atoms with Crippen LogP contribution in [0.4, 0.5) is 0 Å². The molecule has 2 aromatic heterocycles. The highest BCUT2D eigenvalue weighted by Crippen LogP contribution is 2.34. The molecule has 3 aromatic rings. The van der Waals surface area contributed by atoms with Gasteiger partial charge in [-0.3, -0.25) is 0 Å². The lowest BCUT2D eigenvalue weighted by Gasteiger charge is -2.15. The first-order valence-electron chi connectivity index (χ1n) is 7.14. The molecular weight excluding hydrogens is 346 g/mol. The number of aryl methyl sites for hydroxylation is 1. The first-order chi connectivity index (χ1) is 10.2. The van der Waals surface area contributed by atoms with Crippen molar-refractivity contribution in [1.82, 2.24) is 5.32 Å². The highest BCUT2D eigenvalue weighted by molar-refractivity contribution is 9.10. The van der Waals surface area contributed by atoms with Gasteiger partial charge in [0.25, 0.3) is 0 Å². The van der Waals surface area contributed by atoms with Crippen LogP contribution >= 0.6 is 27.3 Å². The van der Waals surface area contributed by atoms with E-state index in [-0.39, 0.29) is 6.04 Å². The summed E-state index contributed by atoms with van der Waals surface area (Å²) in [6, 6.07) is 8.55. The van der Waals surface area contributed by atoms with Crippen molar-refractivity contribution in [2.24, 2.45) is 0 Å². The third-order valence-electron chi connectivity index (χ3n) is 3.53. The van der Waals surface area contributed by atoms with Crippen LogP contribution in [0.25, 0.3) is 11.0 Å². The second-order valence-electron chi connectivity index (χ2n) is 5.25. The molecule has 2 heterocycles. The smallest absolute Gasteiger partial charge is 0.134 e. The highest BCUT2D eigenvalue weighted by atomic mass is 79.9. The molecule has 21 heavy (non-hydrogen) atoms. The van der Waals surface area contributed by atoms with E-state index in [0.717, 1.165) is 28.8 Å². The van der Waals surface area contributed by atoms with Gasteiger partial charge in [-0.2, -0.15) is 11.3 Å². The number of hydrogen-bond donors (Lipinski definition) is 1. The van der Waals surface area contributed by atoms with E-state index in [1.165, 1.54) is 16.5 Å². The summed E-state index contributed by atoms with van der Waals surface area (Å²) in [5.74, 6) is 0.975. The normalized spacial score (nSPS) is 12.9. The lowest BCUT2D eigenvalue weighted by Crippen LogP contribution is -2.22. The predicted octanol–water partition coefficient (Wildman–Crippen LogP) is 5.65. The van der Waals surface area contributed by atoms with Gasteiger partial charge < -0.3 is 9.73 Å². The quantitative estimate of drug-likeness (QED) is 0.632. The van der Waals surface area contributed by atoms with Crippen molar-refractivity contribution in [2.75, 3.05) is 6.54 Å². The number of fused-ring (bicyclic) bond motifs is 1. The number of furan rings is 1. The Morgan fingerprint density at radius 2 is 2.14 bits per heavy atom. The van der Waals surface area contributed by atoms with Gasteiger partial charge >= 0.3 is 0 Å². The number of thiophene rings is 1. The molecule has 1 unspecified atom stereocenters. The highest BCUT2D eigenvalue weighted by Gasteiger charge is 2.20. The molecule has 2 nitrogen and oxygen atoms in total. The van der Waals surface area contributed by atoms with Crippen molar-refractivity contribution in [3.05, 3.63) is 56.4 Å². The molecule has 0 aliphatic carbocycles. The van der Waals surface area contributed by atoms with Gasteiger partial charge in [0, 0.05) is 20.8 Å². The molecule has 0 spiro atoms. The van der Waals surface area contributed by atoms with Crippen molar-refractivity contribution in [2.45, 2.75) is 26.3 Å². The second kappa shape index (κ2) is 6.34. The van der Waals surface area contributed by atoms with Crippen LogP contribution in [-0.2, 0) is 0 Å². The van der Waals surface area contributed by atoms with Crippen LogP contribution in [0.15, 0.2) is 43.9 Å². The van der Waals surface area contributed by atoms with Crippen molar-refractivity contribution in [1.29, 1.82) is 0 Å². The molecule has 1 aromatic carbocycles. The summed E-state index contributed by atoms with van der Waals surface area (Å²) in [6.07, 6.45) is 1.09. The van der Waals surface area contributed by atoms with E-state index in [4.69, 9.17) is 4.42 Å². The molecule has 1 atom stereocenters. The molecule has 0 bridgehead atoms. The standard InChI is InChI=1S/C17H18BrNOS/c1-3-6-19-17(13-9-21-10-14(13)18)16-8-12-7-11(2)4-5-15(12)20-16/h4-5,7-10,17,19H,3,6H2,1-2H3. The Hall–Kier alpha value is -1.10. The molecule has 1 N–H and O–H groups in total. The zero-order valence-electron chi connectivity index (χ0n) is 12.2. The maximum Gasteiger partial charge on any atom is 0.134 e. The molecule has 110 valence electrons. The SMILES string of the molecule is CCCNC(c1cc2cc(C)ccc2o1)c1cscc1Br. The lowest BCUT2D eigenvalue weighted by molar-refractivity contribution is 0.469. The number of hydrogen-bond acceptors (Lipinski definition) is 3. The van der Waals surface area contributed by atoms with Crippen molar-refractivity contribution in [3.8, 4) is 0 Å². The molecule has 3 rings (SSSR count). The summed E-state index contributed by atoms with van der Waals surface area (Å²) in [6.45, 7) is 5.24. The van der Waals surface area contributed by atoms with E-state index in [2.05, 4.69) is 64.1 Å². The van der Waals surface area contributed by atoms with E-state index in [9.17, 15) is 0 Å². The Morgan fingerprint density at radius 1 is 1.29 bits per heavy atom. The van der Waals surface area contributed by atoms with E-state index in [1.807, 2.05) is 6.07 Å². The van der Waals surface area contributed by atoms with Crippen LogP contribution in [0.1, 0.15) is 36.3 Å². The minimum absolute atomic E-state index is 0.0956. The Balaban J connectivity index is 2.03. The summed E-state index contributed by atoms with van der Waals surface area (Å²) in [4.78, 5) is 0. The summed E-state index contributed by atoms with van der Waals surface area (Å²) in [7, 11) is 0. The Morgan fingerprint density at radius 3 is 2.86 bits per heavy atom. The summed E-state index contributed by atoms with van der Waals surface area (Å²) >= 11 is 5.34. The third-order valence-corrected chi connectivity index (χ3v) is 5.28. The van der Waals surface area contributed by atoms with Gasteiger partial charge in [-0.05, 0) is 59.4 Å². The van der Waals surface area contributed by atoms with Crippen LogP contribution in [0.3, 0.4) is 0 Å². The number of rotatable bonds is 5. The van der Waals surface area contributed by atoms with Gasteiger partial charge in [-0.15, -0.1) is 0 Å². The second-order valence-corrected chi connectivity index (χ2v) is 6.85. The fourth-order valence-corrected chi connectivity index (χ4v) is 4.03. The average molecular weight is 364 g/mol. The Bertz CT molecular complexity index is 746. The molecule has 4 heteroatoms. The van der Waals surface area contributed by atoms with Crippen LogP contribution in [-0.4, -0.2) is 6.54 Å². The zero-order valence-corrected chi connectivity index (χ0v) is 14.6. The molecule has 0 fully saturated rings. The van der Waals surface area contributed by atoms with Crippen LogP contribution in [0.2, 0.25) is 0 Å². The molecule has 0 saturated heterocycles. The Labute approximate surface area is 137 Å². The van der Waals surface area contributed by atoms with Crippen LogP contribution in [0, 0.1) is 6.92 Å². The molecule has 0 amide bonds. The summed E-state index contributed by atoms with van der Waals surface area (Å²) in [5.41, 5.74) is 3.44. The van der Waals surface area contributed by atoms with Crippen LogP contribution < -0.4 is 5.32 Å². The third kappa shape index (κ3) is 3.07. The summed E-state index contributed by atoms with van der Waals surface area (Å²) < 4.78 is 7.22. The fourth-order valence-electron chi connectivity index (χ4n) is 2.48. The van der Waals surface area contributed by atoms with E-state index in [0.29, 0.717) is 0 Å². The predicted molar refractivity (Wildman–Crippen MR) is 93.1 cm³/mol. The lowest BCUT2D eigenvalue weighted by atomic mass is 10.1. The van der Waals surface area contributed by atoms with Gasteiger partial charge in [0.2, 0.25) is 0 Å². The van der Waals surface area contributed by atoms with Gasteiger partial charge in [0.1, 0.15) is 11.3 Å². The van der Waals surface area contributed by atoms with E-state index < -0.39 is 0 Å². The molecule has 0 radical (unpaired) electrons. The van der Waals surface area contributed by atoms with Gasteiger partial charge in [0.15, 0.2) is 0 Å². The summed E-state index contributed by atoms with van der Waals surface area (Å²) in [5, 5.41) is 9.04. The molecular formula is C17H18BrNOS. The minimum Gasteiger partial charge on any atom is -0.459 e. The first kappa shape index (κ1) is 14.8. The number of nitrogens with one attached hydrogen (secondary N) is 1. The van der Waals surface area contributed by atoms with Gasteiger partial charge in [-0.1, -0.05) is 18.6 Å². The van der Waals surface area contributed by atoms with Crippen LogP contribution in [0.5, 0.6) is 0 Å². The fraction of sp³-hybridized carbons (Fsp3) is 0.294. The molecule has 0 saturated carbocycles. The number of benzene rings is 1. The van der Waals surface area contributed by atoms with Crippen molar-refractivity contribution >= 4 is 38.2 Å². The van der Waals surface area contributed by atoms with E-state index in [1.54, 1.807) is 11.3 Å². The maximum absolute atomic E-state index is 6.08. The Kier molecular flexibility index (Phi) is 4.48. The largest absolute Gasteiger partial charge is 0.459 e. The molecule has 0 aliphatic rings. The first-order valence-corrected chi connectivity index (χ1v) is 8.87. The topological polar surface area (TPSA) is 25.2 Å². The van der Waals surface area contributed by atoms with E-state index >= 15 is 0 Å². The average Bonchev–Trinajstić information content (AvgIpc) is 3.06. The minimum atomic E-state index is 0.0956. The van der Waals surface area contributed by atoms with Crippen molar-refractivity contribution in [3.63, 3.8) is 0 Å².